The van der Waals surface area contributed by atoms with Gasteiger partial charge in [0.15, 0.2) is 11.5 Å². The van der Waals surface area contributed by atoms with E-state index in [9.17, 15) is 4.79 Å². The number of aromatic amines is 1. The Balaban J connectivity index is 1.51. The minimum Gasteiger partial charge on any atom is -0.344 e. The average Bonchev–Trinajstić information content (AvgIpc) is 3.25. The molecule has 1 N–H and O–H groups in total. The number of para-hydroxylation sites is 1. The highest BCUT2D eigenvalue weighted by Gasteiger charge is 2.54. The molecule has 1 saturated heterocycles. The maximum Gasteiger partial charge on any atom is 0.266 e. The van der Waals surface area contributed by atoms with Gasteiger partial charge in [0.1, 0.15) is 17.7 Å². The Morgan fingerprint density at radius 1 is 1.03 bits per heavy atom. The van der Waals surface area contributed by atoms with Crippen LogP contribution in [0.2, 0.25) is 0 Å². The molecule has 2 fully saturated rings. The summed E-state index contributed by atoms with van der Waals surface area (Å²) in [5.74, 6) is 1.57. The van der Waals surface area contributed by atoms with Gasteiger partial charge in [0.05, 0.1) is 29.0 Å². The normalized spacial score (nSPS) is 18.9. The Morgan fingerprint density at radius 2 is 1.88 bits per heavy atom. The molecule has 1 aliphatic heterocycles. The minimum absolute atomic E-state index is 0.0321. The van der Waals surface area contributed by atoms with Crippen LogP contribution in [0.25, 0.3) is 27.8 Å². The first-order chi connectivity index (χ1) is 16.6. The first-order valence-corrected chi connectivity index (χ1v) is 11.6. The number of H-pyrrole nitrogens is 1. The summed E-state index contributed by atoms with van der Waals surface area (Å²) < 4.78 is 1.81. The van der Waals surface area contributed by atoms with E-state index in [0.717, 1.165) is 46.9 Å². The number of fused-ring (bicyclic) bond motifs is 2. The lowest BCUT2D eigenvalue weighted by molar-refractivity contribution is 0.536. The zero-order valence-corrected chi connectivity index (χ0v) is 18.8. The van der Waals surface area contributed by atoms with Crippen molar-refractivity contribution in [3.63, 3.8) is 0 Å². The highest BCUT2D eigenvalue weighted by molar-refractivity contribution is 5.84. The number of aromatic nitrogens is 6. The van der Waals surface area contributed by atoms with E-state index in [2.05, 4.69) is 24.8 Å². The summed E-state index contributed by atoms with van der Waals surface area (Å²) in [4.78, 5) is 37.9. The summed E-state index contributed by atoms with van der Waals surface area (Å²) >= 11 is 0. The Kier molecular flexibility index (Phi) is 3.97. The predicted octanol–water partition coefficient (Wildman–Crippen LogP) is 4.09. The number of rotatable bonds is 3. The SMILES string of the molecule is Cc1cccc2nc([C@@H]3CC4(CC4)CN3c3ncnc4nc[nH]c34)n(-c3ccccc3)c(=O)c12. The van der Waals surface area contributed by atoms with Gasteiger partial charge in [0.25, 0.3) is 5.56 Å². The molecule has 1 aliphatic carbocycles. The number of anilines is 1. The van der Waals surface area contributed by atoms with Gasteiger partial charge >= 0.3 is 0 Å². The molecule has 0 unspecified atom stereocenters. The lowest BCUT2D eigenvalue weighted by atomic mass is 10.0. The van der Waals surface area contributed by atoms with Crippen LogP contribution in [0.15, 0.2) is 66.0 Å². The molecule has 0 amide bonds. The number of hydrogen-bond acceptors (Lipinski definition) is 6. The summed E-state index contributed by atoms with van der Waals surface area (Å²) in [6.45, 7) is 2.84. The van der Waals surface area contributed by atoms with E-state index in [1.807, 2.05) is 55.5 Å². The minimum atomic E-state index is -0.0956. The quantitative estimate of drug-likeness (QED) is 0.446. The highest BCUT2D eigenvalue weighted by Crippen LogP contribution is 2.59. The van der Waals surface area contributed by atoms with Crippen LogP contribution in [0.5, 0.6) is 0 Å². The van der Waals surface area contributed by atoms with Crippen LogP contribution in [0.3, 0.4) is 0 Å². The van der Waals surface area contributed by atoms with Crippen LogP contribution in [0.4, 0.5) is 5.82 Å². The van der Waals surface area contributed by atoms with Gasteiger partial charge < -0.3 is 9.88 Å². The zero-order valence-electron chi connectivity index (χ0n) is 18.8. The Hall–Kier alpha value is -4.07. The van der Waals surface area contributed by atoms with E-state index in [0.29, 0.717) is 11.0 Å². The van der Waals surface area contributed by atoms with Gasteiger partial charge in [-0.15, -0.1) is 0 Å². The molecule has 2 aliphatic rings. The highest BCUT2D eigenvalue weighted by atomic mass is 16.1. The number of imidazole rings is 1. The van der Waals surface area contributed by atoms with Crippen LogP contribution in [0, 0.1) is 12.3 Å². The molecule has 8 nitrogen and oxygen atoms in total. The second-order valence-electron chi connectivity index (χ2n) is 9.56. The molecule has 3 aromatic heterocycles. The van der Waals surface area contributed by atoms with Gasteiger partial charge in [-0.3, -0.25) is 9.36 Å². The molecule has 1 spiro atoms. The van der Waals surface area contributed by atoms with Crippen LogP contribution in [-0.2, 0) is 0 Å². The van der Waals surface area contributed by atoms with Gasteiger partial charge in [-0.1, -0.05) is 30.3 Å². The second-order valence-corrected chi connectivity index (χ2v) is 9.56. The molecule has 0 radical (unpaired) electrons. The third-order valence-electron chi connectivity index (χ3n) is 7.38. The number of benzene rings is 2. The maximum absolute atomic E-state index is 14.0. The number of nitrogens with one attached hydrogen (secondary N) is 1. The van der Waals surface area contributed by atoms with E-state index in [-0.39, 0.29) is 17.0 Å². The predicted molar refractivity (Wildman–Crippen MR) is 130 cm³/mol. The number of nitrogens with zero attached hydrogens (tertiary/aromatic N) is 6. The molecule has 1 saturated carbocycles. The number of hydrogen-bond donors (Lipinski definition) is 1. The van der Waals surface area contributed by atoms with Crippen molar-refractivity contribution in [3.8, 4) is 5.69 Å². The van der Waals surface area contributed by atoms with E-state index < -0.39 is 0 Å². The smallest absolute Gasteiger partial charge is 0.266 e. The summed E-state index contributed by atoms with van der Waals surface area (Å²) in [6.07, 6.45) is 6.51. The molecule has 0 bridgehead atoms. The van der Waals surface area contributed by atoms with Gasteiger partial charge in [0.2, 0.25) is 0 Å². The van der Waals surface area contributed by atoms with Crippen molar-refractivity contribution in [2.45, 2.75) is 32.2 Å². The van der Waals surface area contributed by atoms with Gasteiger partial charge in [0, 0.05) is 6.54 Å². The summed E-state index contributed by atoms with van der Waals surface area (Å²) in [5.41, 5.74) is 4.16. The van der Waals surface area contributed by atoms with Crippen molar-refractivity contribution < 1.29 is 0 Å². The van der Waals surface area contributed by atoms with Crippen molar-refractivity contribution in [1.82, 2.24) is 29.5 Å². The van der Waals surface area contributed by atoms with E-state index in [1.54, 1.807) is 17.2 Å². The van der Waals surface area contributed by atoms with E-state index in [1.165, 1.54) is 12.8 Å². The second kappa shape index (κ2) is 6.96. The fraction of sp³-hybridized carbons (Fsp3) is 0.269. The molecular weight excluding hydrogens is 426 g/mol. The summed E-state index contributed by atoms with van der Waals surface area (Å²) in [7, 11) is 0. The molecule has 4 heterocycles. The molecule has 168 valence electrons. The Morgan fingerprint density at radius 3 is 2.71 bits per heavy atom. The standard InChI is InChI=1S/C26H23N7O/c1-16-6-5-9-18-20(16)25(34)33(17-7-3-2-4-8-17)23(31-18)19-12-26(10-11-26)13-32(19)24-21-22(28-14-27-21)29-15-30-24/h2-9,14-15,19H,10-13H2,1H3,(H,27,28,29,30)/t19-/m0/s1. The van der Waals surface area contributed by atoms with Crippen molar-refractivity contribution in [3.05, 3.63) is 82.9 Å². The Bertz CT molecular complexity index is 1620. The van der Waals surface area contributed by atoms with Crippen LogP contribution in [-0.4, -0.2) is 36.0 Å². The topological polar surface area (TPSA) is 92.6 Å². The largest absolute Gasteiger partial charge is 0.344 e. The van der Waals surface area contributed by atoms with Crippen molar-refractivity contribution in [1.29, 1.82) is 0 Å². The summed E-state index contributed by atoms with van der Waals surface area (Å²) in [6, 6.07) is 15.6. The fourth-order valence-corrected chi connectivity index (χ4v) is 5.48. The fourth-order valence-electron chi connectivity index (χ4n) is 5.48. The van der Waals surface area contributed by atoms with Crippen LogP contribution < -0.4 is 10.5 Å². The third-order valence-corrected chi connectivity index (χ3v) is 7.38. The first kappa shape index (κ1) is 19.4. The molecule has 1 atom stereocenters. The monoisotopic (exact) mass is 449 g/mol. The van der Waals surface area contributed by atoms with Gasteiger partial charge in [-0.2, -0.15) is 0 Å². The average molecular weight is 450 g/mol. The third kappa shape index (κ3) is 2.81. The van der Waals surface area contributed by atoms with E-state index >= 15 is 0 Å². The van der Waals surface area contributed by atoms with Gasteiger partial charge in [-0.05, 0) is 55.4 Å². The molecule has 5 aromatic rings. The lowest BCUT2D eigenvalue weighted by Crippen LogP contribution is -2.32. The first-order valence-electron chi connectivity index (χ1n) is 11.6. The molecule has 2 aromatic carbocycles. The zero-order chi connectivity index (χ0) is 22.9. The molecule has 7 rings (SSSR count). The van der Waals surface area contributed by atoms with Crippen LogP contribution in [0.1, 0.15) is 36.7 Å². The number of aryl methyl sites for hydroxylation is 1. The Labute approximate surface area is 195 Å². The van der Waals surface area contributed by atoms with Crippen molar-refractivity contribution in [2.75, 3.05) is 11.4 Å². The van der Waals surface area contributed by atoms with Crippen molar-refractivity contribution >= 4 is 27.9 Å². The molecule has 8 heteroatoms. The van der Waals surface area contributed by atoms with Crippen LogP contribution >= 0.6 is 0 Å². The lowest BCUT2D eigenvalue weighted by Gasteiger charge is -2.27. The van der Waals surface area contributed by atoms with Gasteiger partial charge in [-0.25, -0.2) is 19.9 Å². The molecule has 34 heavy (non-hydrogen) atoms. The molecular formula is C26H23N7O. The van der Waals surface area contributed by atoms with Crippen molar-refractivity contribution in [2.24, 2.45) is 5.41 Å². The maximum atomic E-state index is 14.0. The van der Waals surface area contributed by atoms with E-state index in [4.69, 9.17) is 4.98 Å². The summed E-state index contributed by atoms with van der Waals surface area (Å²) in [5, 5.41) is 0.666.